The van der Waals surface area contributed by atoms with Gasteiger partial charge < -0.3 is 10.6 Å². The first-order valence-corrected chi connectivity index (χ1v) is 7.46. The number of nitrogens with zero attached hydrogens (tertiary/aromatic N) is 3. The minimum Gasteiger partial charge on any atom is -0.365 e. The van der Waals surface area contributed by atoms with Crippen molar-refractivity contribution >= 4 is 32.7 Å². The molecule has 1 saturated carbocycles. The molecule has 0 radical (unpaired) electrons. The molecule has 4 nitrogen and oxygen atoms in total. The van der Waals surface area contributed by atoms with E-state index in [9.17, 15) is 0 Å². The van der Waals surface area contributed by atoms with Crippen LogP contribution in [-0.2, 0) is 0 Å². The largest absolute Gasteiger partial charge is 0.365 e. The Hall–Kier alpha value is -1.20. The molecule has 0 atom stereocenters. The number of anilines is 1. The molecule has 19 heavy (non-hydrogen) atoms. The standard InChI is InChI=1S/C14H17BrN4/c15-10-8-12-14(18-9-10)13(4-6-17-12)19(7-5-16)11-2-1-3-11/h4,6,8-9,11H,1-3,5,7,16H2. The van der Waals surface area contributed by atoms with Gasteiger partial charge in [-0.25, -0.2) is 0 Å². The van der Waals surface area contributed by atoms with Crippen LogP contribution in [0.15, 0.2) is 29.0 Å². The second-order valence-electron chi connectivity index (χ2n) is 4.92. The lowest BCUT2D eigenvalue weighted by Gasteiger charge is -2.39. The third kappa shape index (κ3) is 2.44. The van der Waals surface area contributed by atoms with Crippen LogP contribution in [0.4, 0.5) is 5.69 Å². The molecule has 0 aromatic carbocycles. The summed E-state index contributed by atoms with van der Waals surface area (Å²) in [6.07, 6.45) is 7.50. The van der Waals surface area contributed by atoms with Crippen molar-refractivity contribution in [3.05, 3.63) is 29.0 Å². The summed E-state index contributed by atoms with van der Waals surface area (Å²) in [5.74, 6) is 0. The molecular weight excluding hydrogens is 304 g/mol. The number of fused-ring (bicyclic) bond motifs is 1. The van der Waals surface area contributed by atoms with E-state index in [2.05, 4.69) is 36.9 Å². The number of aromatic nitrogens is 2. The molecule has 1 aliphatic carbocycles. The molecule has 0 saturated heterocycles. The van der Waals surface area contributed by atoms with Crippen molar-refractivity contribution in [1.82, 2.24) is 9.97 Å². The van der Waals surface area contributed by atoms with Crippen molar-refractivity contribution < 1.29 is 0 Å². The van der Waals surface area contributed by atoms with Crippen LogP contribution >= 0.6 is 15.9 Å². The fourth-order valence-corrected chi connectivity index (χ4v) is 2.88. The predicted octanol–water partition coefficient (Wildman–Crippen LogP) is 2.71. The Kier molecular flexibility index (Phi) is 3.66. The molecule has 0 aliphatic heterocycles. The number of pyridine rings is 2. The molecule has 3 rings (SSSR count). The van der Waals surface area contributed by atoms with Crippen molar-refractivity contribution in [2.75, 3.05) is 18.0 Å². The Balaban J connectivity index is 2.06. The maximum absolute atomic E-state index is 5.77. The van der Waals surface area contributed by atoms with E-state index in [1.165, 1.54) is 19.3 Å². The van der Waals surface area contributed by atoms with E-state index in [1.54, 1.807) is 0 Å². The SMILES string of the molecule is NCCN(c1ccnc2cc(Br)cnc12)C1CCC1. The summed E-state index contributed by atoms with van der Waals surface area (Å²) in [7, 11) is 0. The highest BCUT2D eigenvalue weighted by Crippen LogP contribution is 2.32. The average Bonchev–Trinajstić information content (AvgIpc) is 2.35. The lowest BCUT2D eigenvalue weighted by Crippen LogP contribution is -2.43. The van der Waals surface area contributed by atoms with Gasteiger partial charge in [0.2, 0.25) is 0 Å². The molecule has 1 aliphatic rings. The topological polar surface area (TPSA) is 55.0 Å². The highest BCUT2D eigenvalue weighted by molar-refractivity contribution is 9.10. The summed E-state index contributed by atoms with van der Waals surface area (Å²) in [6, 6.07) is 4.67. The van der Waals surface area contributed by atoms with Gasteiger partial charge in [-0.3, -0.25) is 9.97 Å². The zero-order valence-electron chi connectivity index (χ0n) is 10.7. The van der Waals surface area contributed by atoms with E-state index < -0.39 is 0 Å². The van der Waals surface area contributed by atoms with Crippen LogP contribution in [0.1, 0.15) is 19.3 Å². The highest BCUT2D eigenvalue weighted by Gasteiger charge is 2.26. The minimum atomic E-state index is 0.611. The Morgan fingerprint density at radius 2 is 2.21 bits per heavy atom. The van der Waals surface area contributed by atoms with E-state index in [1.807, 2.05) is 18.5 Å². The van der Waals surface area contributed by atoms with E-state index in [-0.39, 0.29) is 0 Å². The van der Waals surface area contributed by atoms with Crippen molar-refractivity contribution in [2.45, 2.75) is 25.3 Å². The maximum Gasteiger partial charge on any atom is 0.112 e. The van der Waals surface area contributed by atoms with Gasteiger partial charge in [0.05, 0.1) is 11.2 Å². The minimum absolute atomic E-state index is 0.611. The lowest BCUT2D eigenvalue weighted by atomic mass is 9.91. The van der Waals surface area contributed by atoms with E-state index in [0.717, 1.165) is 27.7 Å². The zero-order chi connectivity index (χ0) is 13.2. The maximum atomic E-state index is 5.77. The summed E-state index contributed by atoms with van der Waals surface area (Å²) in [5, 5.41) is 0. The molecule has 0 unspecified atom stereocenters. The van der Waals surface area contributed by atoms with Gasteiger partial charge in [-0.2, -0.15) is 0 Å². The molecule has 0 amide bonds. The third-order valence-corrected chi connectivity index (χ3v) is 4.15. The van der Waals surface area contributed by atoms with Gasteiger partial charge in [0, 0.05) is 36.0 Å². The molecule has 100 valence electrons. The van der Waals surface area contributed by atoms with Crippen LogP contribution in [0, 0.1) is 0 Å². The van der Waals surface area contributed by atoms with Crippen molar-refractivity contribution in [3.63, 3.8) is 0 Å². The first-order valence-electron chi connectivity index (χ1n) is 6.66. The summed E-state index contributed by atoms with van der Waals surface area (Å²) in [6.45, 7) is 1.54. The molecule has 2 aromatic heterocycles. The molecule has 2 heterocycles. The molecule has 1 fully saturated rings. The van der Waals surface area contributed by atoms with E-state index in [4.69, 9.17) is 5.73 Å². The summed E-state index contributed by atoms with van der Waals surface area (Å²) in [5.41, 5.74) is 8.81. The highest BCUT2D eigenvalue weighted by atomic mass is 79.9. The second kappa shape index (κ2) is 5.43. The molecule has 5 heteroatoms. The molecule has 2 N–H and O–H groups in total. The molecule has 0 bridgehead atoms. The fraction of sp³-hybridized carbons (Fsp3) is 0.429. The van der Waals surface area contributed by atoms with E-state index >= 15 is 0 Å². The smallest absolute Gasteiger partial charge is 0.112 e. The number of nitrogens with two attached hydrogens (primary N) is 1. The fourth-order valence-electron chi connectivity index (χ4n) is 2.56. The monoisotopic (exact) mass is 320 g/mol. The number of hydrogen-bond donors (Lipinski definition) is 1. The lowest BCUT2D eigenvalue weighted by molar-refractivity contribution is 0.388. The molecule has 2 aromatic rings. The number of rotatable bonds is 4. The average molecular weight is 321 g/mol. The normalized spacial score (nSPS) is 15.5. The van der Waals surface area contributed by atoms with Crippen molar-refractivity contribution in [3.8, 4) is 0 Å². The number of hydrogen-bond acceptors (Lipinski definition) is 4. The van der Waals surface area contributed by atoms with Gasteiger partial charge in [0.15, 0.2) is 0 Å². The molecular formula is C14H17BrN4. The van der Waals surface area contributed by atoms with Gasteiger partial charge in [-0.15, -0.1) is 0 Å². The Morgan fingerprint density at radius 3 is 2.89 bits per heavy atom. The van der Waals surface area contributed by atoms with Gasteiger partial charge in [-0.1, -0.05) is 0 Å². The van der Waals surface area contributed by atoms with Crippen LogP contribution in [0.3, 0.4) is 0 Å². The summed E-state index contributed by atoms with van der Waals surface area (Å²) in [4.78, 5) is 11.3. The first-order chi connectivity index (χ1) is 9.29. The predicted molar refractivity (Wildman–Crippen MR) is 81.3 cm³/mol. The van der Waals surface area contributed by atoms with E-state index in [0.29, 0.717) is 12.6 Å². The Bertz CT molecular complexity index is 583. The third-order valence-electron chi connectivity index (χ3n) is 3.72. The Morgan fingerprint density at radius 1 is 1.37 bits per heavy atom. The van der Waals surface area contributed by atoms with Crippen molar-refractivity contribution in [1.29, 1.82) is 0 Å². The Labute approximate surface area is 121 Å². The van der Waals surface area contributed by atoms with Gasteiger partial charge in [-0.05, 0) is 47.3 Å². The van der Waals surface area contributed by atoms with Gasteiger partial charge in [0.1, 0.15) is 5.52 Å². The number of halogens is 1. The second-order valence-corrected chi connectivity index (χ2v) is 5.83. The van der Waals surface area contributed by atoms with Gasteiger partial charge >= 0.3 is 0 Å². The van der Waals surface area contributed by atoms with Gasteiger partial charge in [0.25, 0.3) is 0 Å². The zero-order valence-corrected chi connectivity index (χ0v) is 12.3. The summed E-state index contributed by atoms with van der Waals surface area (Å²) < 4.78 is 0.957. The van der Waals surface area contributed by atoms with Crippen LogP contribution < -0.4 is 10.6 Å². The van der Waals surface area contributed by atoms with Crippen LogP contribution in [0.5, 0.6) is 0 Å². The first kappa shape index (κ1) is 12.8. The van der Waals surface area contributed by atoms with Crippen molar-refractivity contribution in [2.24, 2.45) is 5.73 Å². The van der Waals surface area contributed by atoms with Crippen LogP contribution in [-0.4, -0.2) is 29.1 Å². The quantitative estimate of drug-likeness (QED) is 0.941. The van der Waals surface area contributed by atoms with Crippen LogP contribution in [0.25, 0.3) is 11.0 Å². The summed E-state index contributed by atoms with van der Waals surface area (Å²) >= 11 is 3.44. The van der Waals surface area contributed by atoms with Crippen LogP contribution in [0.2, 0.25) is 0 Å². The molecule has 0 spiro atoms.